The molecule has 0 atom stereocenters. The molecule has 668 valence electrons. The van der Waals surface area contributed by atoms with E-state index in [0.29, 0.717) is 46.0 Å². The van der Waals surface area contributed by atoms with Crippen molar-refractivity contribution in [2.75, 3.05) is 41.8 Å². The number of pyridine rings is 12. The summed E-state index contributed by atoms with van der Waals surface area (Å²) in [6.07, 6.45) is 20.1. The maximum atomic E-state index is 10.9. The zero-order chi connectivity index (χ0) is 88.5. The molecule has 0 saturated carbocycles. The van der Waals surface area contributed by atoms with Gasteiger partial charge in [-0.15, -0.1) is 33.4 Å². The molecule has 12 N–H and O–H groups in total. The fourth-order valence-electron chi connectivity index (χ4n) is 12.0. The van der Waals surface area contributed by atoms with E-state index in [2.05, 4.69) is 94.8 Å². The Morgan fingerprint density at radius 1 is 0.469 bits per heavy atom. The predicted molar refractivity (Wildman–Crippen MR) is 515 cm³/mol. The van der Waals surface area contributed by atoms with Crippen LogP contribution in [0.3, 0.4) is 0 Å². The van der Waals surface area contributed by atoms with E-state index >= 15 is 0 Å². The third kappa shape index (κ3) is 26.9. The smallest absolute Gasteiger partial charge is 0.320 e. The minimum Gasteiger partial charge on any atom is -0.468 e. The molecule has 0 radical (unpaired) electrons. The Morgan fingerprint density at radius 3 is 1.41 bits per heavy atom. The third-order valence-corrected chi connectivity index (χ3v) is 19.2. The Bertz CT molecular complexity index is 7370. The quantitative estimate of drug-likeness (QED) is 0.0176. The zero-order valence-electron chi connectivity index (χ0n) is 67.0. The van der Waals surface area contributed by atoms with Crippen LogP contribution in [0.15, 0.2) is 267 Å². The Hall–Kier alpha value is -16.3. The number of fused-ring (bicyclic) bond motifs is 13. The van der Waals surface area contributed by atoms with Gasteiger partial charge in [0.1, 0.15) is 35.0 Å². The van der Waals surface area contributed by atoms with E-state index in [0.717, 1.165) is 136 Å². The molecule has 0 aliphatic carbocycles. The number of ether oxygens (including phenoxy) is 1. The molecule has 0 amide bonds. The average molecular weight is 1810 g/mol. The summed E-state index contributed by atoms with van der Waals surface area (Å²) in [6.45, 7) is 5.22. The standard InChI is InChI=1S/C19H14N6.C19H12N6.C10H7ClN4.C9H12O3S.C8H8N4.C8H7N3.C5H5N3O2.C5H7N3.C3H5ClO2.5CH4/c2*1-2-5-15-14(4-1)21-12-13(22-15)7-9-18-23-19-10-8-16-17(25(19)24-18)6-3-11-20-16;11-6-9-13-10-4-3-7-8(15(10)14-9)2-1-5-12-7;1-6-4-7(2)9(8(3)5-6)13(10,11)12;9-8-4-3-6-7(12(8)10)2-1-5-11-6;9-8-4-3-6-7(11-8)2-1-5-10-6;6-5-2-1-4(3-7-5)8(9)10;6-4-1-2-5(7)8-3-4;1-6-3(5)2-4;;;;;/h1-6,8,10-12H,7,9H2;1-12H;1-5H,6H2;4-5H,1-3H3,(H,10,11,12);1-5,9H,10H2;1-5H,(H2,9,11);1-3H,(H2,6,7);1-3H,6H2,(H2,7,8);2H2,1H3;5*1H4/b;9-7+;;;;;;;;;;;;. The minimum atomic E-state index is -4.08. The van der Waals surface area contributed by atoms with Crippen molar-refractivity contribution in [3.63, 3.8) is 0 Å². The number of nitrogens with two attached hydrogens (primary N) is 5. The van der Waals surface area contributed by atoms with Crippen LogP contribution in [0, 0.1) is 36.3 Å². The number of carbonyl (C=O) groups is 1. The molecule has 0 fully saturated rings. The van der Waals surface area contributed by atoms with Gasteiger partial charge in [-0.05, 0) is 214 Å². The lowest BCUT2D eigenvalue weighted by Crippen LogP contribution is -2.26. The number of nitrogen functional groups attached to an aromatic ring is 5. The molecular formula is C91H97Cl2N29O7S. The van der Waals surface area contributed by atoms with Gasteiger partial charge < -0.3 is 33.5 Å². The van der Waals surface area contributed by atoms with Gasteiger partial charge in [0, 0.05) is 49.7 Å². The van der Waals surface area contributed by atoms with Gasteiger partial charge in [0.05, 0.1) is 130 Å². The van der Waals surface area contributed by atoms with Crippen molar-refractivity contribution in [1.82, 2.24) is 108 Å². The monoisotopic (exact) mass is 1810 g/mol. The predicted octanol–water partition coefficient (Wildman–Crippen LogP) is 16.1. The summed E-state index contributed by atoms with van der Waals surface area (Å²) in [4.78, 5) is 83.4. The maximum Gasteiger partial charge on any atom is 0.320 e. The number of methoxy groups -OCH3 is 1. The van der Waals surface area contributed by atoms with Crippen molar-refractivity contribution in [3.8, 4) is 0 Å². The normalized spacial score (nSPS) is 10.4. The zero-order valence-corrected chi connectivity index (χ0v) is 69.4. The average Bonchev–Trinajstić information content (AvgIpc) is 1.75. The fourth-order valence-corrected chi connectivity index (χ4v) is 13.1. The number of hydrogen-bond acceptors (Lipinski definition) is 30. The summed E-state index contributed by atoms with van der Waals surface area (Å²) in [5, 5.41) is 30.9. The summed E-state index contributed by atoms with van der Waals surface area (Å²) in [6, 6.07) is 62.8. The Balaban J connectivity index is 0.000000206. The molecule has 36 nitrogen and oxygen atoms in total. The van der Waals surface area contributed by atoms with Crippen molar-refractivity contribution in [1.29, 1.82) is 5.41 Å². The first-order valence-electron chi connectivity index (χ1n) is 37.6. The molecule has 0 bridgehead atoms. The largest absolute Gasteiger partial charge is 0.468 e. The molecule has 17 heterocycles. The molecule has 130 heavy (non-hydrogen) atoms. The molecule has 20 aromatic rings. The molecule has 20 rings (SSSR count). The van der Waals surface area contributed by atoms with Gasteiger partial charge in [-0.2, -0.15) is 13.5 Å². The fraction of sp³-hybridized carbons (Fsp3) is 0.143. The Labute approximate surface area is 757 Å². The van der Waals surface area contributed by atoms with Crippen LogP contribution in [-0.2, 0) is 38.4 Å². The molecule has 0 unspecified atom stereocenters. The number of nitro groups is 1. The highest BCUT2D eigenvalue weighted by Crippen LogP contribution is 2.23. The number of aromatic nitrogens is 22. The number of hydrogen-bond donors (Lipinski definition) is 7. The first-order chi connectivity index (χ1) is 60.4. The van der Waals surface area contributed by atoms with Gasteiger partial charge >= 0.3 is 5.97 Å². The number of anilines is 4. The third-order valence-electron chi connectivity index (χ3n) is 17.6. The van der Waals surface area contributed by atoms with Gasteiger partial charge in [-0.1, -0.05) is 79.1 Å². The van der Waals surface area contributed by atoms with Crippen LogP contribution in [-0.4, -0.2) is 145 Å². The van der Waals surface area contributed by atoms with Crippen LogP contribution in [0.25, 0.3) is 106 Å². The first kappa shape index (κ1) is 101. The lowest BCUT2D eigenvalue weighted by Gasteiger charge is -2.07. The summed E-state index contributed by atoms with van der Waals surface area (Å²) in [5.74, 6) is 8.84. The topological polar surface area (TPSA) is 528 Å². The summed E-state index contributed by atoms with van der Waals surface area (Å²) < 4.78 is 41.6. The van der Waals surface area contributed by atoms with Crippen LogP contribution in [0.1, 0.15) is 82.7 Å². The summed E-state index contributed by atoms with van der Waals surface area (Å²) >= 11 is 10.7. The van der Waals surface area contributed by atoms with E-state index in [9.17, 15) is 23.3 Å². The van der Waals surface area contributed by atoms with Gasteiger partial charge in [0.2, 0.25) is 0 Å². The van der Waals surface area contributed by atoms with Crippen molar-refractivity contribution < 1.29 is 27.4 Å². The van der Waals surface area contributed by atoms with E-state index in [1.807, 2.05) is 175 Å². The number of alkyl halides is 2. The molecule has 3 aromatic carbocycles. The van der Waals surface area contributed by atoms with E-state index in [-0.39, 0.29) is 64.9 Å². The van der Waals surface area contributed by atoms with E-state index in [1.54, 1.807) is 109 Å². The second-order valence-electron chi connectivity index (χ2n) is 26.6. The van der Waals surface area contributed by atoms with Gasteiger partial charge in [0.25, 0.3) is 15.8 Å². The minimum absolute atomic E-state index is 0. The second-order valence-corrected chi connectivity index (χ2v) is 28.5. The van der Waals surface area contributed by atoms with Crippen molar-refractivity contribution in [2.24, 2.45) is 0 Å². The van der Waals surface area contributed by atoms with Crippen LogP contribution in [0.5, 0.6) is 0 Å². The Kier molecular flexibility index (Phi) is 37.0. The molecule has 0 saturated heterocycles. The SMILES string of the molecule is C.C.C.C.C.C(=C\c1nc2ccc3ncccc3n2n1)/c1cnc2ccccc2n1.COC(=O)CCl.Cc1cc(C)c(S(=O)(=O)O)c(C)c1.ClCc1nc2ccc3ncccc3n2n1.N=c1ccc2ncccc2n1N.Nc1ccc(N)nc1.Nc1ccc([N+](=O)[O-])cn1.Nc1ccc2ncccc2n1.c1ccc2nc(CCc3nc4ccc5ncccc5n4n3)cnc2c1. The number of nitrogens with one attached hydrogen (secondary N) is 1. The molecular weight excluding hydrogens is 1710 g/mol. The number of esters is 1. The number of rotatable bonds is 9. The number of carbonyl (C=O) groups excluding carboxylic acids is 1. The van der Waals surface area contributed by atoms with Crippen molar-refractivity contribution >= 4 is 174 Å². The maximum absolute atomic E-state index is 10.9. The number of aryl methyl sites for hydroxylation is 5. The highest BCUT2D eigenvalue weighted by molar-refractivity contribution is 7.86. The summed E-state index contributed by atoms with van der Waals surface area (Å²) in [5.41, 5.74) is 40.8. The van der Waals surface area contributed by atoms with Crippen LogP contribution in [0.2, 0.25) is 0 Å². The van der Waals surface area contributed by atoms with Crippen LogP contribution in [0.4, 0.5) is 28.8 Å². The second kappa shape index (κ2) is 47.7. The lowest BCUT2D eigenvalue weighted by atomic mass is 10.1. The molecule has 0 aliphatic rings. The molecule has 0 aliphatic heterocycles. The molecule has 39 heteroatoms. The number of halogens is 2. The van der Waals surface area contributed by atoms with Crippen LogP contribution >= 0.6 is 23.2 Å². The highest BCUT2D eigenvalue weighted by atomic mass is 35.5. The molecule has 17 aromatic heterocycles. The summed E-state index contributed by atoms with van der Waals surface area (Å²) in [7, 11) is -2.78. The van der Waals surface area contributed by atoms with E-state index in [4.69, 9.17) is 61.9 Å². The van der Waals surface area contributed by atoms with Crippen LogP contribution < -0.4 is 34.3 Å². The number of para-hydroxylation sites is 4. The van der Waals surface area contributed by atoms with Gasteiger partial charge in [-0.3, -0.25) is 59.8 Å². The number of nitrogens with zero attached hydrogens (tertiary/aromatic N) is 23. The van der Waals surface area contributed by atoms with Gasteiger partial charge in [0.15, 0.2) is 34.4 Å². The first-order valence-corrected chi connectivity index (χ1v) is 40.1. The van der Waals surface area contributed by atoms with Gasteiger partial charge in [-0.25, -0.2) is 58.1 Å². The lowest BCUT2D eigenvalue weighted by molar-refractivity contribution is -0.385. The van der Waals surface area contributed by atoms with E-state index in [1.165, 1.54) is 30.1 Å². The number of benzene rings is 3. The molecule has 0 spiro atoms. The highest BCUT2D eigenvalue weighted by Gasteiger charge is 2.17. The van der Waals surface area contributed by atoms with E-state index < -0.39 is 21.0 Å². The van der Waals surface area contributed by atoms with Crippen molar-refractivity contribution in [3.05, 3.63) is 323 Å². The van der Waals surface area contributed by atoms with Crippen molar-refractivity contribution in [2.45, 2.75) is 81.5 Å². The Morgan fingerprint density at radius 2 is 0.908 bits per heavy atom.